The van der Waals surface area contributed by atoms with Crippen LogP contribution in [0.25, 0.3) is 10.9 Å². The molecule has 1 saturated heterocycles. The lowest BCUT2D eigenvalue weighted by molar-refractivity contribution is -0.116. The predicted octanol–water partition coefficient (Wildman–Crippen LogP) is 4.07. The van der Waals surface area contributed by atoms with Gasteiger partial charge in [-0.05, 0) is 48.9 Å². The van der Waals surface area contributed by atoms with Crippen LogP contribution in [-0.2, 0) is 17.8 Å². The van der Waals surface area contributed by atoms with Gasteiger partial charge in [0.15, 0.2) is 0 Å². The van der Waals surface area contributed by atoms with E-state index in [4.69, 9.17) is 0 Å². The van der Waals surface area contributed by atoms with Crippen LogP contribution in [0.1, 0.15) is 42.6 Å². The Morgan fingerprint density at radius 1 is 1.03 bits per heavy atom. The number of piperidine rings is 1. The maximum Gasteiger partial charge on any atom is 0.254 e. The highest BCUT2D eigenvalue weighted by Gasteiger charge is 2.24. The molecule has 1 aliphatic rings. The Balaban J connectivity index is 1.61. The molecule has 3 aromatic rings. The largest absolute Gasteiger partial charge is 0.339 e. The molecular formula is C26H29N3O3. The van der Waals surface area contributed by atoms with Crippen molar-refractivity contribution in [3.8, 4) is 0 Å². The van der Waals surface area contributed by atoms with Crippen molar-refractivity contribution in [3.05, 3.63) is 76.1 Å². The fraction of sp³-hybridized carbons (Fsp3) is 0.346. The summed E-state index contributed by atoms with van der Waals surface area (Å²) in [5, 5.41) is 3.54. The van der Waals surface area contributed by atoms with E-state index in [1.54, 1.807) is 6.07 Å². The van der Waals surface area contributed by atoms with Crippen molar-refractivity contribution >= 4 is 28.4 Å². The zero-order valence-corrected chi connectivity index (χ0v) is 18.6. The Morgan fingerprint density at radius 3 is 2.41 bits per heavy atom. The van der Waals surface area contributed by atoms with Gasteiger partial charge in [-0.15, -0.1) is 0 Å². The van der Waals surface area contributed by atoms with E-state index in [2.05, 4.69) is 19.2 Å². The average molecular weight is 432 g/mol. The normalized spacial score (nSPS) is 14.5. The average Bonchev–Trinajstić information content (AvgIpc) is 2.81. The lowest BCUT2D eigenvalue weighted by atomic mass is 9.98. The van der Waals surface area contributed by atoms with Crippen LogP contribution in [-0.4, -0.2) is 34.4 Å². The summed E-state index contributed by atoms with van der Waals surface area (Å²) in [6, 6.07) is 16.3. The molecule has 0 aliphatic carbocycles. The molecule has 0 atom stereocenters. The number of fused-ring (bicyclic) bond motifs is 1. The maximum absolute atomic E-state index is 13.2. The highest BCUT2D eigenvalue weighted by molar-refractivity contribution is 6.06. The van der Waals surface area contributed by atoms with Gasteiger partial charge in [0.25, 0.3) is 11.5 Å². The van der Waals surface area contributed by atoms with E-state index in [-0.39, 0.29) is 23.9 Å². The van der Waals surface area contributed by atoms with Gasteiger partial charge in [0.05, 0.1) is 11.1 Å². The number of anilines is 1. The van der Waals surface area contributed by atoms with Gasteiger partial charge < -0.3 is 10.2 Å². The van der Waals surface area contributed by atoms with E-state index in [1.165, 1.54) is 16.2 Å². The Bertz CT molecular complexity index is 1190. The standard InChI is InChI=1S/C26H29N3O3/c1-3-19-8-10-20(11-9-19)27-24(30)17-29-23-7-5-4-6-21(23)22(16-25(29)31)26(32)28-14-12-18(2)13-15-28/h4-11,16,18H,3,12-15,17H2,1-2H3,(H,27,30). The molecule has 1 aromatic heterocycles. The van der Waals surface area contributed by atoms with Crippen molar-refractivity contribution in [3.63, 3.8) is 0 Å². The molecule has 6 heteroatoms. The zero-order chi connectivity index (χ0) is 22.7. The second-order valence-corrected chi connectivity index (χ2v) is 8.57. The van der Waals surface area contributed by atoms with E-state index >= 15 is 0 Å². The van der Waals surface area contributed by atoms with Crippen LogP contribution in [0.5, 0.6) is 0 Å². The fourth-order valence-electron chi connectivity index (χ4n) is 4.22. The van der Waals surface area contributed by atoms with Crippen molar-refractivity contribution in [1.82, 2.24) is 9.47 Å². The molecule has 2 aromatic carbocycles. The first-order valence-electron chi connectivity index (χ1n) is 11.3. The molecule has 4 rings (SSSR count). The number of nitrogens with zero attached hydrogens (tertiary/aromatic N) is 2. The number of para-hydroxylation sites is 1. The molecule has 2 heterocycles. The Morgan fingerprint density at radius 2 is 1.72 bits per heavy atom. The molecule has 1 aliphatic heterocycles. The molecule has 0 saturated carbocycles. The number of rotatable bonds is 5. The molecule has 0 unspecified atom stereocenters. The first-order valence-corrected chi connectivity index (χ1v) is 11.3. The molecule has 166 valence electrons. The van der Waals surface area contributed by atoms with Crippen LogP contribution in [0.4, 0.5) is 5.69 Å². The lowest BCUT2D eigenvalue weighted by Gasteiger charge is -2.30. The number of amides is 2. The van der Waals surface area contributed by atoms with Gasteiger partial charge in [-0.25, -0.2) is 0 Å². The lowest BCUT2D eigenvalue weighted by Crippen LogP contribution is -2.39. The van der Waals surface area contributed by atoms with Crippen molar-refractivity contribution in [2.45, 2.75) is 39.7 Å². The summed E-state index contributed by atoms with van der Waals surface area (Å²) < 4.78 is 1.43. The van der Waals surface area contributed by atoms with Gasteiger partial charge in [0.2, 0.25) is 5.91 Å². The van der Waals surface area contributed by atoms with Crippen molar-refractivity contribution in [2.24, 2.45) is 5.92 Å². The number of aryl methyl sites for hydroxylation is 1. The van der Waals surface area contributed by atoms with Gasteiger partial charge in [0.1, 0.15) is 6.54 Å². The monoisotopic (exact) mass is 431 g/mol. The van der Waals surface area contributed by atoms with Gasteiger partial charge in [-0.1, -0.05) is 44.2 Å². The SMILES string of the molecule is CCc1ccc(NC(=O)Cn2c(=O)cc(C(=O)N3CCC(C)CC3)c3ccccc32)cc1. The quantitative estimate of drug-likeness (QED) is 0.662. The van der Waals surface area contributed by atoms with E-state index < -0.39 is 0 Å². The number of benzene rings is 2. The number of carbonyl (C=O) groups excluding carboxylic acids is 2. The number of likely N-dealkylation sites (tertiary alicyclic amines) is 1. The minimum absolute atomic E-state index is 0.113. The third-order valence-corrected chi connectivity index (χ3v) is 6.27. The molecule has 0 spiro atoms. The van der Waals surface area contributed by atoms with Crippen molar-refractivity contribution < 1.29 is 9.59 Å². The minimum Gasteiger partial charge on any atom is -0.339 e. The molecule has 0 radical (unpaired) electrons. The zero-order valence-electron chi connectivity index (χ0n) is 18.6. The summed E-state index contributed by atoms with van der Waals surface area (Å²) >= 11 is 0. The first-order chi connectivity index (χ1) is 15.5. The Kier molecular flexibility index (Phi) is 6.40. The molecular weight excluding hydrogens is 402 g/mol. The summed E-state index contributed by atoms with van der Waals surface area (Å²) in [6.07, 6.45) is 2.87. The Hall–Kier alpha value is -3.41. The summed E-state index contributed by atoms with van der Waals surface area (Å²) in [5.41, 5.74) is 2.52. The minimum atomic E-state index is -0.353. The first kappa shape index (κ1) is 21.8. The second kappa shape index (κ2) is 9.39. The van der Waals surface area contributed by atoms with Crippen LogP contribution in [0.15, 0.2) is 59.4 Å². The Labute approximate surface area is 187 Å². The van der Waals surface area contributed by atoms with Crippen LogP contribution >= 0.6 is 0 Å². The molecule has 32 heavy (non-hydrogen) atoms. The summed E-state index contributed by atoms with van der Waals surface area (Å²) in [6.45, 7) is 5.56. The summed E-state index contributed by atoms with van der Waals surface area (Å²) in [7, 11) is 0. The third-order valence-electron chi connectivity index (χ3n) is 6.27. The number of hydrogen-bond acceptors (Lipinski definition) is 3. The van der Waals surface area contributed by atoms with Gasteiger partial charge in [0, 0.05) is 30.2 Å². The molecule has 6 nitrogen and oxygen atoms in total. The number of pyridine rings is 1. The van der Waals surface area contributed by atoms with Crippen LogP contribution in [0.2, 0.25) is 0 Å². The number of carbonyl (C=O) groups is 2. The van der Waals surface area contributed by atoms with Gasteiger partial charge >= 0.3 is 0 Å². The predicted molar refractivity (Wildman–Crippen MR) is 127 cm³/mol. The van der Waals surface area contributed by atoms with E-state index in [0.717, 1.165) is 19.3 Å². The highest BCUT2D eigenvalue weighted by Crippen LogP contribution is 2.22. The number of aromatic nitrogens is 1. The van der Waals surface area contributed by atoms with Gasteiger partial charge in [-0.2, -0.15) is 0 Å². The summed E-state index contributed by atoms with van der Waals surface area (Å²) in [5.74, 6) is 0.212. The van der Waals surface area contributed by atoms with Gasteiger partial charge in [-0.3, -0.25) is 19.0 Å². The van der Waals surface area contributed by atoms with Crippen LogP contribution in [0, 0.1) is 5.92 Å². The van der Waals surface area contributed by atoms with E-state index in [9.17, 15) is 14.4 Å². The number of hydrogen-bond donors (Lipinski definition) is 1. The van der Waals surface area contributed by atoms with E-state index in [1.807, 2.05) is 47.4 Å². The molecule has 0 bridgehead atoms. The molecule has 2 amide bonds. The van der Waals surface area contributed by atoms with E-state index in [0.29, 0.717) is 41.2 Å². The second-order valence-electron chi connectivity index (χ2n) is 8.57. The van der Waals surface area contributed by atoms with Crippen LogP contribution in [0.3, 0.4) is 0 Å². The van der Waals surface area contributed by atoms with Crippen LogP contribution < -0.4 is 10.9 Å². The highest BCUT2D eigenvalue weighted by atomic mass is 16.2. The third kappa shape index (κ3) is 4.59. The summed E-state index contributed by atoms with van der Waals surface area (Å²) in [4.78, 5) is 40.7. The smallest absolute Gasteiger partial charge is 0.254 e. The molecule has 1 fully saturated rings. The number of nitrogens with one attached hydrogen (secondary N) is 1. The van der Waals surface area contributed by atoms with Crippen molar-refractivity contribution in [1.29, 1.82) is 0 Å². The fourth-order valence-corrected chi connectivity index (χ4v) is 4.22. The molecule has 1 N–H and O–H groups in total. The topological polar surface area (TPSA) is 71.4 Å². The maximum atomic E-state index is 13.2. The van der Waals surface area contributed by atoms with Crippen molar-refractivity contribution in [2.75, 3.05) is 18.4 Å².